The van der Waals surface area contributed by atoms with Crippen LogP contribution in [0.5, 0.6) is 0 Å². The van der Waals surface area contributed by atoms with Gasteiger partial charge in [0.15, 0.2) is 0 Å². The summed E-state index contributed by atoms with van der Waals surface area (Å²) < 4.78 is 4.11. The minimum absolute atomic E-state index is 0.245. The molecular formula is C18H23NO2. The number of H-pyrrole nitrogens is 1. The number of hydrogen-bond acceptors (Lipinski definition) is 2. The first-order valence-electron chi connectivity index (χ1n) is 7.42. The molecule has 0 spiro atoms. The van der Waals surface area contributed by atoms with E-state index >= 15 is 0 Å². The molecule has 0 saturated carbocycles. The van der Waals surface area contributed by atoms with Crippen LogP contribution in [0.15, 0.2) is 36.4 Å². The number of carbonyl (C=O) groups is 1. The maximum absolute atomic E-state index is 9.59. The van der Waals surface area contributed by atoms with E-state index in [1.807, 2.05) is 0 Å². The first kappa shape index (κ1) is 15.4. The van der Waals surface area contributed by atoms with Gasteiger partial charge in [-0.3, -0.25) is 4.79 Å². The van der Waals surface area contributed by atoms with E-state index in [4.69, 9.17) is 0 Å². The largest absolute Gasteiger partial charge is 0.469 e. The lowest BCUT2D eigenvalue weighted by atomic mass is 9.88. The second kappa shape index (κ2) is 7.11. The normalized spacial score (nSPS) is 17.2. The molecule has 0 aliphatic heterocycles. The van der Waals surface area contributed by atoms with Crippen LogP contribution in [-0.2, 0) is 9.53 Å². The van der Waals surface area contributed by atoms with Crippen LogP contribution in [0.3, 0.4) is 0 Å². The van der Waals surface area contributed by atoms with E-state index in [0.29, 0.717) is 5.92 Å². The van der Waals surface area contributed by atoms with Crippen LogP contribution >= 0.6 is 0 Å². The molecule has 0 fully saturated rings. The molecule has 112 valence electrons. The molecule has 1 N–H and O–H groups in total. The average molecular weight is 285 g/mol. The van der Waals surface area contributed by atoms with Crippen LogP contribution in [0.25, 0.3) is 10.9 Å². The van der Waals surface area contributed by atoms with Gasteiger partial charge in [-0.2, -0.15) is 0 Å². The number of aromatic nitrogens is 1. The molecule has 0 radical (unpaired) electrons. The summed E-state index contributed by atoms with van der Waals surface area (Å²) in [5.74, 6) is 0.370. The van der Waals surface area contributed by atoms with Crippen LogP contribution in [0.4, 0.5) is 0 Å². The monoisotopic (exact) mass is 285 g/mol. The van der Waals surface area contributed by atoms with Gasteiger partial charge in [-0.25, -0.2) is 0 Å². The van der Waals surface area contributed by atoms with E-state index in [1.54, 1.807) is 0 Å². The Kier molecular flexibility index (Phi) is 5.20. The Labute approximate surface area is 126 Å². The Morgan fingerprint density at radius 3 is 2.67 bits per heavy atom. The lowest BCUT2D eigenvalue weighted by Gasteiger charge is -2.16. The molecule has 3 heteroatoms. The summed E-state index contributed by atoms with van der Waals surface area (Å²) in [7, 11) is 1.35. The summed E-state index contributed by atoms with van der Waals surface area (Å²) in [6.45, 7) is 3.55. The molecule has 1 aromatic carbocycles. The first-order valence-corrected chi connectivity index (χ1v) is 7.42. The number of aryl methyl sites for hydroxylation is 1. The highest BCUT2D eigenvalue weighted by molar-refractivity contribution is 5.85. The van der Waals surface area contributed by atoms with E-state index < -0.39 is 0 Å². The van der Waals surface area contributed by atoms with Crippen molar-refractivity contribution in [3.63, 3.8) is 0 Å². The van der Waals surface area contributed by atoms with Crippen molar-refractivity contribution >= 4 is 16.9 Å². The van der Waals surface area contributed by atoms with E-state index in [9.17, 15) is 4.79 Å². The van der Waals surface area contributed by atoms with Gasteiger partial charge in [0.2, 0.25) is 0 Å². The zero-order valence-electron chi connectivity index (χ0n) is 13.0. The molecule has 2 aromatic rings. The first-order chi connectivity index (χ1) is 10.1. The SMILES string of the molecule is COC(C)=O.Cc1[nH]c2ccccc2c1C1C=CCCC1. The molecular weight excluding hydrogens is 262 g/mol. The van der Waals surface area contributed by atoms with Gasteiger partial charge in [-0.1, -0.05) is 30.4 Å². The van der Waals surface area contributed by atoms with Gasteiger partial charge < -0.3 is 9.72 Å². The van der Waals surface area contributed by atoms with Crippen molar-refractivity contribution in [1.82, 2.24) is 4.98 Å². The standard InChI is InChI=1S/C15H17N.C3H6O2/c1-11-15(12-7-3-2-4-8-12)13-9-5-6-10-14(13)16-11;1-3(4)5-2/h3,5-7,9-10,12,16H,2,4,8H2,1H3;1-2H3. The summed E-state index contributed by atoms with van der Waals surface area (Å²) in [5.41, 5.74) is 4.11. The Hall–Kier alpha value is -2.03. The zero-order valence-corrected chi connectivity index (χ0v) is 13.0. The topological polar surface area (TPSA) is 42.1 Å². The Morgan fingerprint density at radius 2 is 2.05 bits per heavy atom. The highest BCUT2D eigenvalue weighted by Gasteiger charge is 2.17. The molecule has 0 bridgehead atoms. The number of allylic oxidation sites excluding steroid dienone is 2. The van der Waals surface area contributed by atoms with E-state index in [1.165, 1.54) is 55.5 Å². The number of nitrogens with one attached hydrogen (secondary N) is 1. The van der Waals surface area contributed by atoms with Crippen molar-refractivity contribution in [3.8, 4) is 0 Å². The van der Waals surface area contributed by atoms with E-state index in [-0.39, 0.29) is 5.97 Å². The highest BCUT2D eigenvalue weighted by atomic mass is 16.5. The molecule has 1 atom stereocenters. The average Bonchev–Trinajstić information content (AvgIpc) is 2.84. The fourth-order valence-corrected chi connectivity index (χ4v) is 2.83. The molecule has 3 nitrogen and oxygen atoms in total. The fourth-order valence-electron chi connectivity index (χ4n) is 2.83. The zero-order chi connectivity index (χ0) is 15.2. The molecule has 21 heavy (non-hydrogen) atoms. The molecule has 0 saturated heterocycles. The van der Waals surface area contributed by atoms with E-state index in [0.717, 1.165) is 0 Å². The van der Waals surface area contributed by atoms with Crippen LogP contribution < -0.4 is 0 Å². The summed E-state index contributed by atoms with van der Waals surface area (Å²) in [5, 5.41) is 1.40. The molecule has 1 aromatic heterocycles. The smallest absolute Gasteiger partial charge is 0.302 e. The summed E-state index contributed by atoms with van der Waals surface area (Å²) in [6, 6.07) is 8.62. The van der Waals surface area contributed by atoms with Gasteiger partial charge in [0, 0.05) is 29.4 Å². The third kappa shape index (κ3) is 3.75. The Bertz CT molecular complexity index is 640. The van der Waals surface area contributed by atoms with Gasteiger partial charge in [-0.05, 0) is 37.8 Å². The summed E-state index contributed by atoms with van der Waals surface area (Å²) >= 11 is 0. The van der Waals surface area contributed by atoms with Crippen LogP contribution in [0, 0.1) is 6.92 Å². The number of methoxy groups -OCH3 is 1. The van der Waals surface area contributed by atoms with Gasteiger partial charge in [-0.15, -0.1) is 0 Å². The number of esters is 1. The lowest BCUT2D eigenvalue weighted by molar-refractivity contribution is -0.137. The van der Waals surface area contributed by atoms with Crippen molar-refractivity contribution in [3.05, 3.63) is 47.7 Å². The number of carbonyl (C=O) groups excluding carboxylic acids is 1. The predicted octanol–water partition coefficient (Wildman–Crippen LogP) is 4.48. The number of para-hydroxylation sites is 1. The maximum atomic E-state index is 9.59. The number of aromatic amines is 1. The third-order valence-corrected chi connectivity index (χ3v) is 3.86. The van der Waals surface area contributed by atoms with Crippen molar-refractivity contribution < 1.29 is 9.53 Å². The van der Waals surface area contributed by atoms with Crippen LogP contribution in [-0.4, -0.2) is 18.1 Å². The minimum Gasteiger partial charge on any atom is -0.469 e. The van der Waals surface area contributed by atoms with Gasteiger partial charge in [0.1, 0.15) is 0 Å². The maximum Gasteiger partial charge on any atom is 0.302 e. The Morgan fingerprint density at radius 1 is 1.33 bits per heavy atom. The van der Waals surface area contributed by atoms with Gasteiger partial charge in [0.05, 0.1) is 7.11 Å². The molecule has 1 unspecified atom stereocenters. The molecule has 1 heterocycles. The highest BCUT2D eigenvalue weighted by Crippen LogP contribution is 2.34. The van der Waals surface area contributed by atoms with Crippen molar-refractivity contribution in [1.29, 1.82) is 0 Å². The second-order valence-electron chi connectivity index (χ2n) is 5.37. The second-order valence-corrected chi connectivity index (χ2v) is 5.37. The summed E-state index contributed by atoms with van der Waals surface area (Å²) in [6.07, 6.45) is 8.57. The molecule has 1 aliphatic carbocycles. The van der Waals surface area contributed by atoms with Crippen molar-refractivity contribution in [2.75, 3.05) is 7.11 Å². The van der Waals surface area contributed by atoms with Crippen molar-refractivity contribution in [2.45, 2.75) is 39.0 Å². The number of ether oxygens (including phenoxy) is 1. The number of rotatable bonds is 1. The number of benzene rings is 1. The molecule has 1 aliphatic rings. The quantitative estimate of drug-likeness (QED) is 0.620. The van der Waals surface area contributed by atoms with E-state index in [2.05, 4.69) is 53.1 Å². The van der Waals surface area contributed by atoms with Gasteiger partial charge in [0.25, 0.3) is 0 Å². The van der Waals surface area contributed by atoms with Crippen molar-refractivity contribution in [2.24, 2.45) is 0 Å². The fraction of sp³-hybridized carbons (Fsp3) is 0.389. The number of hydrogen-bond donors (Lipinski definition) is 1. The summed E-state index contributed by atoms with van der Waals surface area (Å²) in [4.78, 5) is 13.1. The Balaban J connectivity index is 0.000000282. The van der Waals surface area contributed by atoms with Crippen LogP contribution in [0.2, 0.25) is 0 Å². The predicted molar refractivity (Wildman–Crippen MR) is 86.5 cm³/mol. The molecule has 0 amide bonds. The number of fused-ring (bicyclic) bond motifs is 1. The van der Waals surface area contributed by atoms with Gasteiger partial charge >= 0.3 is 5.97 Å². The third-order valence-electron chi connectivity index (χ3n) is 3.86. The minimum atomic E-state index is -0.245. The molecule has 3 rings (SSSR count). The lowest BCUT2D eigenvalue weighted by Crippen LogP contribution is -2.00. The van der Waals surface area contributed by atoms with Crippen LogP contribution in [0.1, 0.15) is 43.4 Å².